The molecule has 0 aromatic carbocycles. The van der Waals surface area contributed by atoms with Crippen molar-refractivity contribution in [1.29, 1.82) is 0 Å². The van der Waals surface area contributed by atoms with Gasteiger partial charge in [-0.2, -0.15) is 9.78 Å². The van der Waals surface area contributed by atoms with Gasteiger partial charge in [0.15, 0.2) is 5.78 Å². The van der Waals surface area contributed by atoms with Gasteiger partial charge in [-0.25, -0.2) is 0 Å². The SMILES string of the molecule is CC(=O)c1sc(N)c(C(=O)n2nc(C)c(Cl)c2C)c1C. The van der Waals surface area contributed by atoms with Gasteiger partial charge in [0.2, 0.25) is 0 Å². The molecule has 0 aliphatic carbocycles. The molecule has 0 saturated carbocycles. The number of aryl methyl sites for hydroxylation is 1. The summed E-state index contributed by atoms with van der Waals surface area (Å²) in [6.45, 7) is 6.60. The van der Waals surface area contributed by atoms with Gasteiger partial charge in [0.05, 0.1) is 31.9 Å². The predicted octanol–water partition coefficient (Wildman–Crippen LogP) is 3.00. The molecule has 0 unspecified atom stereocenters. The average Bonchev–Trinajstić information content (AvgIpc) is 2.80. The first-order chi connectivity index (χ1) is 9.25. The third-order valence-corrected chi connectivity index (χ3v) is 4.87. The van der Waals surface area contributed by atoms with E-state index in [0.717, 1.165) is 11.3 Å². The first-order valence-corrected chi connectivity index (χ1v) is 7.11. The fourth-order valence-electron chi connectivity index (χ4n) is 2.06. The largest absolute Gasteiger partial charge is 0.390 e. The van der Waals surface area contributed by atoms with Crippen LogP contribution in [-0.2, 0) is 0 Å². The van der Waals surface area contributed by atoms with E-state index in [1.807, 2.05) is 0 Å². The van der Waals surface area contributed by atoms with E-state index >= 15 is 0 Å². The van der Waals surface area contributed by atoms with E-state index in [2.05, 4.69) is 5.10 Å². The van der Waals surface area contributed by atoms with Crippen LogP contribution >= 0.6 is 22.9 Å². The minimum Gasteiger partial charge on any atom is -0.390 e. The van der Waals surface area contributed by atoms with E-state index in [0.29, 0.717) is 37.4 Å². The molecule has 0 fully saturated rings. The lowest BCUT2D eigenvalue weighted by Gasteiger charge is -2.04. The number of anilines is 1. The smallest absolute Gasteiger partial charge is 0.281 e. The Balaban J connectivity index is 2.60. The molecule has 0 aliphatic rings. The number of nitrogens with zero attached hydrogens (tertiary/aromatic N) is 2. The second-order valence-electron chi connectivity index (χ2n) is 4.55. The van der Waals surface area contributed by atoms with E-state index < -0.39 is 0 Å². The molecular formula is C13H14ClN3O2S. The lowest BCUT2D eigenvalue weighted by atomic mass is 10.1. The summed E-state index contributed by atoms with van der Waals surface area (Å²) in [7, 11) is 0. The van der Waals surface area contributed by atoms with Gasteiger partial charge in [-0.15, -0.1) is 11.3 Å². The van der Waals surface area contributed by atoms with E-state index in [1.165, 1.54) is 11.6 Å². The molecule has 0 bridgehead atoms. The Kier molecular flexibility index (Phi) is 3.71. The van der Waals surface area contributed by atoms with Gasteiger partial charge in [0.25, 0.3) is 5.91 Å². The number of rotatable bonds is 2. The third-order valence-electron chi connectivity index (χ3n) is 3.10. The maximum absolute atomic E-state index is 12.6. The standard InChI is InChI=1S/C13H14ClN3O2S/c1-5-9(12(15)20-11(5)8(4)18)13(19)17-7(3)10(14)6(2)16-17/h15H2,1-4H3. The average molecular weight is 312 g/mol. The molecule has 2 heterocycles. The lowest BCUT2D eigenvalue weighted by molar-refractivity contribution is 0.0943. The van der Waals surface area contributed by atoms with Crippen LogP contribution in [0.1, 0.15) is 43.9 Å². The summed E-state index contributed by atoms with van der Waals surface area (Å²) in [5, 5.41) is 4.90. The Morgan fingerprint density at radius 3 is 2.30 bits per heavy atom. The predicted molar refractivity (Wildman–Crippen MR) is 79.9 cm³/mol. The third kappa shape index (κ3) is 2.14. The van der Waals surface area contributed by atoms with Crippen molar-refractivity contribution in [2.45, 2.75) is 27.7 Å². The number of Topliss-reactive ketones (excluding diaryl/α,β-unsaturated/α-hetero) is 1. The fraction of sp³-hybridized carbons (Fsp3) is 0.308. The number of aromatic nitrogens is 2. The number of halogens is 1. The summed E-state index contributed by atoms with van der Waals surface area (Å²) in [5.41, 5.74) is 7.94. The Morgan fingerprint density at radius 2 is 1.90 bits per heavy atom. The van der Waals surface area contributed by atoms with Crippen LogP contribution < -0.4 is 5.73 Å². The summed E-state index contributed by atoms with van der Waals surface area (Å²) >= 11 is 7.17. The minimum atomic E-state index is -0.365. The molecule has 0 radical (unpaired) electrons. The maximum atomic E-state index is 12.6. The summed E-state index contributed by atoms with van der Waals surface area (Å²) in [4.78, 5) is 24.6. The molecule has 5 nitrogen and oxygen atoms in total. The maximum Gasteiger partial charge on any atom is 0.281 e. The van der Waals surface area contributed by atoms with Crippen LogP contribution in [0.5, 0.6) is 0 Å². The minimum absolute atomic E-state index is 0.107. The molecule has 7 heteroatoms. The number of carbonyl (C=O) groups is 2. The van der Waals surface area contributed by atoms with Gasteiger partial charge in [0, 0.05) is 0 Å². The highest BCUT2D eigenvalue weighted by molar-refractivity contribution is 7.18. The summed E-state index contributed by atoms with van der Waals surface area (Å²) in [6, 6.07) is 0. The Morgan fingerprint density at radius 1 is 1.30 bits per heavy atom. The Hall–Kier alpha value is -1.66. The van der Waals surface area contributed by atoms with Crippen LogP contribution in [0.4, 0.5) is 5.00 Å². The zero-order valence-corrected chi connectivity index (χ0v) is 13.1. The van der Waals surface area contributed by atoms with Gasteiger partial charge in [-0.1, -0.05) is 11.6 Å². The van der Waals surface area contributed by atoms with Crippen molar-refractivity contribution < 1.29 is 9.59 Å². The molecule has 20 heavy (non-hydrogen) atoms. The molecule has 0 spiro atoms. The van der Waals surface area contributed by atoms with Crippen molar-refractivity contribution >= 4 is 39.6 Å². The molecule has 2 aromatic rings. The van der Waals surface area contributed by atoms with Gasteiger partial charge in [-0.05, 0) is 33.3 Å². The highest BCUT2D eigenvalue weighted by atomic mass is 35.5. The van der Waals surface area contributed by atoms with Crippen molar-refractivity contribution in [2.24, 2.45) is 0 Å². The number of nitrogen functional groups attached to an aromatic ring is 1. The van der Waals surface area contributed by atoms with Crippen LogP contribution in [0.3, 0.4) is 0 Å². The molecule has 0 saturated heterocycles. The number of hydrogen-bond acceptors (Lipinski definition) is 5. The van der Waals surface area contributed by atoms with Crippen molar-refractivity contribution in [2.75, 3.05) is 5.73 Å². The zero-order valence-electron chi connectivity index (χ0n) is 11.6. The molecule has 0 aliphatic heterocycles. The second-order valence-corrected chi connectivity index (χ2v) is 5.98. The first-order valence-electron chi connectivity index (χ1n) is 5.91. The van der Waals surface area contributed by atoms with E-state index in [1.54, 1.807) is 20.8 Å². The van der Waals surface area contributed by atoms with Crippen LogP contribution in [0.2, 0.25) is 5.02 Å². The molecule has 0 amide bonds. The molecule has 2 N–H and O–H groups in total. The molecule has 0 atom stereocenters. The number of thiophene rings is 1. The highest BCUT2D eigenvalue weighted by Gasteiger charge is 2.25. The number of hydrogen-bond donors (Lipinski definition) is 1. The van der Waals surface area contributed by atoms with Crippen molar-refractivity contribution in [3.05, 3.63) is 32.4 Å². The molecule has 2 aromatic heterocycles. The number of nitrogens with two attached hydrogens (primary N) is 1. The molecule has 2 rings (SSSR count). The Bertz CT molecular complexity index is 731. The fourth-order valence-corrected chi connectivity index (χ4v) is 3.14. The highest BCUT2D eigenvalue weighted by Crippen LogP contribution is 2.32. The molecule has 106 valence electrons. The van der Waals surface area contributed by atoms with E-state index in [9.17, 15) is 9.59 Å². The summed E-state index contributed by atoms with van der Waals surface area (Å²) in [6.07, 6.45) is 0. The van der Waals surface area contributed by atoms with Gasteiger partial charge >= 0.3 is 0 Å². The van der Waals surface area contributed by atoms with E-state index in [-0.39, 0.29) is 11.7 Å². The van der Waals surface area contributed by atoms with Gasteiger partial charge in [-0.3, -0.25) is 9.59 Å². The lowest BCUT2D eigenvalue weighted by Crippen LogP contribution is -2.17. The first kappa shape index (κ1) is 14.7. The summed E-state index contributed by atoms with van der Waals surface area (Å²) in [5.74, 6) is -0.471. The normalized spacial score (nSPS) is 10.8. The number of ketones is 1. The number of carbonyl (C=O) groups excluding carboxylic acids is 2. The molecular weight excluding hydrogens is 298 g/mol. The summed E-state index contributed by atoms with van der Waals surface area (Å²) < 4.78 is 1.23. The van der Waals surface area contributed by atoms with Crippen molar-refractivity contribution in [3.8, 4) is 0 Å². The van der Waals surface area contributed by atoms with Crippen LogP contribution in [0.15, 0.2) is 0 Å². The van der Waals surface area contributed by atoms with Gasteiger partial charge in [0.1, 0.15) is 0 Å². The zero-order chi connectivity index (χ0) is 15.2. The van der Waals surface area contributed by atoms with Gasteiger partial charge < -0.3 is 5.73 Å². The van der Waals surface area contributed by atoms with Crippen LogP contribution in [0.25, 0.3) is 0 Å². The quantitative estimate of drug-likeness (QED) is 0.865. The van der Waals surface area contributed by atoms with Crippen molar-refractivity contribution in [3.63, 3.8) is 0 Å². The second kappa shape index (κ2) is 5.03. The van der Waals surface area contributed by atoms with Crippen LogP contribution in [0, 0.1) is 20.8 Å². The van der Waals surface area contributed by atoms with Crippen molar-refractivity contribution in [1.82, 2.24) is 9.78 Å². The monoisotopic (exact) mass is 311 g/mol. The van der Waals surface area contributed by atoms with E-state index in [4.69, 9.17) is 17.3 Å². The Labute approximate surface area is 125 Å². The van der Waals surface area contributed by atoms with Crippen LogP contribution in [-0.4, -0.2) is 21.5 Å². The topological polar surface area (TPSA) is 78.0 Å².